The molecular formula is C8H7BrO4. The number of benzene rings is 1. The number of carboxylic acid groups (broad SMARTS) is 1. The van der Waals surface area contributed by atoms with Crippen LogP contribution >= 0.6 is 15.9 Å². The second-order valence-corrected chi connectivity index (χ2v) is 3.23. The van der Waals surface area contributed by atoms with Crippen LogP contribution in [0.15, 0.2) is 16.6 Å². The lowest BCUT2D eigenvalue weighted by Gasteiger charge is -2.07. The molecule has 5 heteroatoms. The summed E-state index contributed by atoms with van der Waals surface area (Å²) in [7, 11) is 1.30. The molecule has 0 aliphatic carbocycles. The van der Waals surface area contributed by atoms with E-state index in [0.29, 0.717) is 4.47 Å². The molecule has 0 saturated carbocycles. The van der Waals surface area contributed by atoms with Crippen LogP contribution < -0.4 is 4.74 Å². The second-order valence-electron chi connectivity index (χ2n) is 2.31. The highest BCUT2D eigenvalue weighted by Crippen LogP contribution is 2.33. The van der Waals surface area contributed by atoms with Crippen LogP contribution in [0.25, 0.3) is 0 Å². The van der Waals surface area contributed by atoms with E-state index in [9.17, 15) is 9.90 Å². The third kappa shape index (κ3) is 1.92. The Hall–Kier alpha value is -1.23. The largest absolute Gasteiger partial charge is 0.504 e. The number of hydrogen-bond acceptors (Lipinski definition) is 3. The zero-order valence-corrected chi connectivity index (χ0v) is 8.33. The van der Waals surface area contributed by atoms with Gasteiger partial charge >= 0.3 is 5.97 Å². The molecule has 0 spiro atoms. The molecule has 0 heterocycles. The number of aromatic hydroxyl groups is 1. The average molecular weight is 247 g/mol. The van der Waals surface area contributed by atoms with Gasteiger partial charge in [0.2, 0.25) is 0 Å². The average Bonchev–Trinajstić information content (AvgIpc) is 2.02. The number of carboxylic acids is 1. The molecule has 1 aromatic carbocycles. The fourth-order valence-electron chi connectivity index (χ4n) is 0.953. The summed E-state index contributed by atoms with van der Waals surface area (Å²) < 4.78 is 5.23. The summed E-state index contributed by atoms with van der Waals surface area (Å²) in [4.78, 5) is 10.7. The molecule has 0 aliphatic rings. The van der Waals surface area contributed by atoms with Crippen LogP contribution in [0.2, 0.25) is 0 Å². The Balaban J connectivity index is 3.38. The summed E-state index contributed by atoms with van der Waals surface area (Å²) in [6, 6.07) is 2.73. The normalized spacial score (nSPS) is 9.69. The Kier molecular flexibility index (Phi) is 2.77. The number of methoxy groups -OCH3 is 1. The quantitative estimate of drug-likeness (QED) is 0.836. The van der Waals surface area contributed by atoms with Gasteiger partial charge in [0.1, 0.15) is 5.56 Å². The lowest BCUT2D eigenvalue weighted by Crippen LogP contribution is -2.00. The molecular weight excluding hydrogens is 240 g/mol. The van der Waals surface area contributed by atoms with Crippen LogP contribution in [0, 0.1) is 0 Å². The molecule has 0 aromatic heterocycles. The summed E-state index contributed by atoms with van der Waals surface area (Å²) in [6.07, 6.45) is 0. The molecule has 0 aliphatic heterocycles. The van der Waals surface area contributed by atoms with Crippen LogP contribution in [0.5, 0.6) is 11.5 Å². The molecule has 70 valence electrons. The molecule has 1 aromatic rings. The minimum Gasteiger partial charge on any atom is -0.504 e. The van der Waals surface area contributed by atoms with Crippen molar-refractivity contribution in [2.24, 2.45) is 0 Å². The van der Waals surface area contributed by atoms with E-state index in [4.69, 9.17) is 9.84 Å². The van der Waals surface area contributed by atoms with Crippen LogP contribution in [0.1, 0.15) is 10.4 Å². The number of halogens is 1. The van der Waals surface area contributed by atoms with Gasteiger partial charge in [-0.15, -0.1) is 0 Å². The molecule has 4 nitrogen and oxygen atoms in total. The van der Waals surface area contributed by atoms with E-state index in [1.165, 1.54) is 19.2 Å². The van der Waals surface area contributed by atoms with Gasteiger partial charge in [-0.2, -0.15) is 0 Å². The van der Waals surface area contributed by atoms with Gasteiger partial charge < -0.3 is 14.9 Å². The van der Waals surface area contributed by atoms with Gasteiger partial charge in [-0.25, -0.2) is 4.79 Å². The van der Waals surface area contributed by atoms with E-state index in [0.717, 1.165) is 0 Å². The monoisotopic (exact) mass is 246 g/mol. The van der Waals surface area contributed by atoms with Crippen LogP contribution in [0.4, 0.5) is 0 Å². The molecule has 0 unspecified atom stereocenters. The number of phenols is 1. The highest BCUT2D eigenvalue weighted by molar-refractivity contribution is 9.10. The SMILES string of the molecule is COc1c(O)cc(Br)cc1C(=O)O. The van der Waals surface area contributed by atoms with E-state index in [2.05, 4.69) is 15.9 Å². The molecule has 0 saturated heterocycles. The maximum atomic E-state index is 10.7. The Morgan fingerprint density at radius 2 is 2.15 bits per heavy atom. The van der Waals surface area contributed by atoms with E-state index in [1.54, 1.807) is 0 Å². The second kappa shape index (κ2) is 3.66. The van der Waals surface area contributed by atoms with Gasteiger partial charge in [-0.05, 0) is 12.1 Å². The minimum absolute atomic E-state index is 0.0318. The summed E-state index contributed by atoms with van der Waals surface area (Å²) in [5, 5.41) is 18.0. The van der Waals surface area contributed by atoms with E-state index in [1.807, 2.05) is 0 Å². The lowest BCUT2D eigenvalue weighted by molar-refractivity contribution is 0.0692. The number of phenolic OH excluding ortho intramolecular Hbond substituents is 1. The highest BCUT2D eigenvalue weighted by Gasteiger charge is 2.15. The van der Waals surface area contributed by atoms with Crippen molar-refractivity contribution in [1.29, 1.82) is 0 Å². The zero-order valence-electron chi connectivity index (χ0n) is 6.74. The minimum atomic E-state index is -1.14. The van der Waals surface area contributed by atoms with Crippen LogP contribution in [0.3, 0.4) is 0 Å². The Morgan fingerprint density at radius 3 is 2.62 bits per heavy atom. The number of aromatic carboxylic acids is 1. The maximum Gasteiger partial charge on any atom is 0.339 e. The molecule has 2 N–H and O–H groups in total. The summed E-state index contributed by atoms with van der Waals surface area (Å²) in [6.45, 7) is 0. The first-order valence-electron chi connectivity index (χ1n) is 3.36. The first-order chi connectivity index (χ1) is 6.06. The number of ether oxygens (including phenoxy) is 1. The predicted molar refractivity (Wildman–Crippen MR) is 49.3 cm³/mol. The van der Waals surface area contributed by atoms with Crippen molar-refractivity contribution in [1.82, 2.24) is 0 Å². The lowest BCUT2D eigenvalue weighted by atomic mass is 10.2. The fourth-order valence-corrected chi connectivity index (χ4v) is 1.40. The molecule has 0 amide bonds. The van der Waals surface area contributed by atoms with Crippen LogP contribution in [-0.2, 0) is 0 Å². The molecule has 0 atom stereocenters. The summed E-state index contributed by atoms with van der Waals surface area (Å²) in [5.41, 5.74) is -0.0747. The Labute approximate surface area is 82.9 Å². The highest BCUT2D eigenvalue weighted by atomic mass is 79.9. The number of carbonyl (C=O) groups is 1. The molecule has 0 fully saturated rings. The third-order valence-corrected chi connectivity index (χ3v) is 1.93. The van der Waals surface area contributed by atoms with Crippen molar-refractivity contribution in [2.75, 3.05) is 7.11 Å². The predicted octanol–water partition coefficient (Wildman–Crippen LogP) is 1.86. The summed E-state index contributed by atoms with van der Waals surface area (Å²) in [5.74, 6) is -1.38. The zero-order chi connectivity index (χ0) is 10.0. The van der Waals surface area contributed by atoms with Crippen molar-refractivity contribution in [3.63, 3.8) is 0 Å². The third-order valence-electron chi connectivity index (χ3n) is 1.47. The van der Waals surface area contributed by atoms with Crippen molar-refractivity contribution >= 4 is 21.9 Å². The Bertz CT molecular complexity index is 348. The molecule has 0 radical (unpaired) electrons. The van der Waals surface area contributed by atoms with Gasteiger partial charge in [0.15, 0.2) is 11.5 Å². The van der Waals surface area contributed by atoms with Gasteiger partial charge in [-0.1, -0.05) is 15.9 Å². The van der Waals surface area contributed by atoms with Crippen molar-refractivity contribution in [3.05, 3.63) is 22.2 Å². The van der Waals surface area contributed by atoms with Crippen molar-refractivity contribution in [2.45, 2.75) is 0 Å². The first kappa shape index (κ1) is 9.85. The molecule has 0 bridgehead atoms. The van der Waals surface area contributed by atoms with Gasteiger partial charge in [0, 0.05) is 4.47 Å². The topological polar surface area (TPSA) is 66.8 Å². The summed E-state index contributed by atoms with van der Waals surface area (Å²) >= 11 is 3.07. The molecule has 1 rings (SSSR count). The van der Waals surface area contributed by atoms with E-state index in [-0.39, 0.29) is 17.1 Å². The van der Waals surface area contributed by atoms with Gasteiger partial charge in [-0.3, -0.25) is 0 Å². The number of hydrogen-bond donors (Lipinski definition) is 2. The van der Waals surface area contributed by atoms with Crippen molar-refractivity contribution in [3.8, 4) is 11.5 Å². The Morgan fingerprint density at radius 1 is 1.54 bits per heavy atom. The van der Waals surface area contributed by atoms with Crippen molar-refractivity contribution < 1.29 is 19.7 Å². The first-order valence-corrected chi connectivity index (χ1v) is 4.15. The van der Waals surface area contributed by atoms with Gasteiger partial charge in [0.05, 0.1) is 7.11 Å². The smallest absolute Gasteiger partial charge is 0.339 e. The number of rotatable bonds is 2. The van der Waals surface area contributed by atoms with E-state index < -0.39 is 5.97 Å². The maximum absolute atomic E-state index is 10.7. The van der Waals surface area contributed by atoms with Crippen LogP contribution in [-0.4, -0.2) is 23.3 Å². The van der Waals surface area contributed by atoms with Gasteiger partial charge in [0.25, 0.3) is 0 Å². The fraction of sp³-hybridized carbons (Fsp3) is 0.125. The van der Waals surface area contributed by atoms with E-state index >= 15 is 0 Å². The standard InChI is InChI=1S/C8H7BrO4/c1-13-7-5(8(11)12)2-4(9)3-6(7)10/h2-3,10H,1H3,(H,11,12). The molecule has 13 heavy (non-hydrogen) atoms.